The van der Waals surface area contributed by atoms with E-state index >= 15 is 0 Å². The van der Waals surface area contributed by atoms with Gasteiger partial charge in [-0.15, -0.1) is 0 Å². The molecule has 3 unspecified atom stereocenters. The number of aliphatic hydroxyl groups excluding tert-OH is 1. The Balaban J connectivity index is 1.88. The highest BCUT2D eigenvalue weighted by Gasteiger charge is 2.21. The zero-order chi connectivity index (χ0) is 22.6. The van der Waals surface area contributed by atoms with Crippen molar-refractivity contribution < 1.29 is 9.84 Å². The Kier molecular flexibility index (Phi) is 11.3. The molecule has 0 spiro atoms. The zero-order valence-corrected chi connectivity index (χ0v) is 20.2. The SMILES string of the molecule is CCNC(=NCc1ccc(CN2CC(C)OC(C)C2)cc1)NCC(CCO)CC(C)C. The number of benzene rings is 1. The Morgan fingerprint density at radius 2 is 1.77 bits per heavy atom. The van der Waals surface area contributed by atoms with E-state index in [0.29, 0.717) is 30.6 Å². The lowest BCUT2D eigenvalue weighted by atomic mass is 9.94. The van der Waals surface area contributed by atoms with E-state index < -0.39 is 0 Å². The van der Waals surface area contributed by atoms with Gasteiger partial charge in [-0.2, -0.15) is 0 Å². The number of rotatable bonds is 11. The number of ether oxygens (including phenoxy) is 1. The summed E-state index contributed by atoms with van der Waals surface area (Å²) in [5, 5.41) is 16.1. The molecular formula is C25H44N4O2. The van der Waals surface area contributed by atoms with Gasteiger partial charge in [0.05, 0.1) is 18.8 Å². The summed E-state index contributed by atoms with van der Waals surface area (Å²) in [5.74, 6) is 1.92. The molecule has 3 atom stereocenters. The van der Waals surface area contributed by atoms with Crippen molar-refractivity contribution >= 4 is 5.96 Å². The molecule has 1 aromatic carbocycles. The van der Waals surface area contributed by atoms with E-state index in [1.807, 2.05) is 0 Å². The van der Waals surface area contributed by atoms with Crippen LogP contribution in [0.15, 0.2) is 29.3 Å². The lowest BCUT2D eigenvalue weighted by molar-refractivity contribution is -0.0704. The molecule has 1 heterocycles. The molecule has 2 rings (SSSR count). The van der Waals surface area contributed by atoms with Crippen molar-refractivity contribution in [2.24, 2.45) is 16.8 Å². The van der Waals surface area contributed by atoms with E-state index in [1.54, 1.807) is 0 Å². The van der Waals surface area contributed by atoms with Crippen LogP contribution in [0.25, 0.3) is 0 Å². The molecule has 6 heteroatoms. The molecule has 31 heavy (non-hydrogen) atoms. The second-order valence-corrected chi connectivity index (χ2v) is 9.35. The number of aliphatic hydroxyl groups is 1. The van der Waals surface area contributed by atoms with E-state index in [-0.39, 0.29) is 6.61 Å². The quantitative estimate of drug-likeness (QED) is 0.369. The monoisotopic (exact) mass is 432 g/mol. The Morgan fingerprint density at radius 1 is 1.13 bits per heavy atom. The van der Waals surface area contributed by atoms with Gasteiger partial charge in [0.25, 0.3) is 0 Å². The maximum Gasteiger partial charge on any atom is 0.191 e. The minimum Gasteiger partial charge on any atom is -0.396 e. The first-order valence-corrected chi connectivity index (χ1v) is 12.0. The third-order valence-electron chi connectivity index (χ3n) is 5.59. The fourth-order valence-electron chi connectivity index (χ4n) is 4.33. The summed E-state index contributed by atoms with van der Waals surface area (Å²) in [5.41, 5.74) is 2.54. The fraction of sp³-hybridized carbons (Fsp3) is 0.720. The van der Waals surface area contributed by atoms with E-state index in [9.17, 15) is 5.11 Å². The third kappa shape index (κ3) is 10.0. The summed E-state index contributed by atoms with van der Waals surface area (Å²) >= 11 is 0. The Bertz CT molecular complexity index is 637. The van der Waals surface area contributed by atoms with Gasteiger partial charge in [-0.25, -0.2) is 4.99 Å². The molecule has 0 saturated carbocycles. The average Bonchev–Trinajstić information content (AvgIpc) is 2.70. The van der Waals surface area contributed by atoms with Gasteiger partial charge in [0, 0.05) is 39.3 Å². The van der Waals surface area contributed by atoms with Crippen molar-refractivity contribution in [2.75, 3.05) is 32.8 Å². The van der Waals surface area contributed by atoms with Gasteiger partial charge in [0.15, 0.2) is 5.96 Å². The molecule has 176 valence electrons. The topological polar surface area (TPSA) is 69.1 Å². The first-order chi connectivity index (χ1) is 14.9. The van der Waals surface area contributed by atoms with Crippen molar-refractivity contribution in [3.05, 3.63) is 35.4 Å². The zero-order valence-electron chi connectivity index (χ0n) is 20.2. The largest absolute Gasteiger partial charge is 0.396 e. The minimum absolute atomic E-state index is 0.237. The summed E-state index contributed by atoms with van der Waals surface area (Å²) in [6.45, 7) is 16.3. The van der Waals surface area contributed by atoms with Gasteiger partial charge in [-0.3, -0.25) is 4.90 Å². The Hall–Kier alpha value is -1.63. The predicted molar refractivity (Wildman–Crippen MR) is 129 cm³/mol. The first kappa shape index (κ1) is 25.6. The number of morpholine rings is 1. The van der Waals surface area contributed by atoms with Crippen LogP contribution in [-0.2, 0) is 17.8 Å². The van der Waals surface area contributed by atoms with Crippen LogP contribution in [0.4, 0.5) is 0 Å². The molecule has 1 aliphatic rings. The second-order valence-electron chi connectivity index (χ2n) is 9.35. The summed E-state index contributed by atoms with van der Waals surface area (Å²) in [7, 11) is 0. The smallest absolute Gasteiger partial charge is 0.191 e. The first-order valence-electron chi connectivity index (χ1n) is 12.0. The fourth-order valence-corrected chi connectivity index (χ4v) is 4.33. The highest BCUT2D eigenvalue weighted by molar-refractivity contribution is 5.79. The van der Waals surface area contributed by atoms with Crippen LogP contribution in [0.1, 0.15) is 58.6 Å². The van der Waals surface area contributed by atoms with Crippen LogP contribution in [0, 0.1) is 11.8 Å². The number of nitrogens with zero attached hydrogens (tertiary/aromatic N) is 2. The van der Waals surface area contributed by atoms with Crippen molar-refractivity contribution in [3.8, 4) is 0 Å². The Morgan fingerprint density at radius 3 is 2.35 bits per heavy atom. The van der Waals surface area contributed by atoms with Crippen LogP contribution in [0.5, 0.6) is 0 Å². The van der Waals surface area contributed by atoms with Crippen LogP contribution in [-0.4, -0.2) is 61.0 Å². The minimum atomic E-state index is 0.237. The lowest BCUT2D eigenvalue weighted by Crippen LogP contribution is -2.44. The summed E-state index contributed by atoms with van der Waals surface area (Å²) in [4.78, 5) is 7.24. The second kappa shape index (κ2) is 13.7. The van der Waals surface area contributed by atoms with E-state index in [0.717, 1.165) is 51.5 Å². The predicted octanol–water partition coefficient (Wildman–Crippen LogP) is 3.40. The Labute approximate surface area is 189 Å². The maximum absolute atomic E-state index is 9.34. The molecule has 1 aromatic rings. The molecule has 0 radical (unpaired) electrons. The van der Waals surface area contributed by atoms with Crippen molar-refractivity contribution in [2.45, 2.75) is 72.8 Å². The van der Waals surface area contributed by atoms with E-state index in [4.69, 9.17) is 9.73 Å². The number of guanidine groups is 1. The van der Waals surface area contributed by atoms with Gasteiger partial charge in [-0.05, 0) is 56.6 Å². The molecule has 1 aliphatic heterocycles. The molecule has 0 aliphatic carbocycles. The van der Waals surface area contributed by atoms with Gasteiger partial charge < -0.3 is 20.5 Å². The lowest BCUT2D eigenvalue weighted by Gasteiger charge is -2.35. The van der Waals surface area contributed by atoms with E-state index in [1.165, 1.54) is 11.1 Å². The van der Waals surface area contributed by atoms with Gasteiger partial charge in [0.2, 0.25) is 0 Å². The molecule has 0 amide bonds. The van der Waals surface area contributed by atoms with E-state index in [2.05, 4.69) is 74.4 Å². The molecule has 0 aromatic heterocycles. The molecular weight excluding hydrogens is 388 g/mol. The van der Waals surface area contributed by atoms with Gasteiger partial charge in [-0.1, -0.05) is 38.1 Å². The number of hydrogen-bond acceptors (Lipinski definition) is 4. The molecule has 1 saturated heterocycles. The van der Waals surface area contributed by atoms with Crippen LogP contribution in [0.3, 0.4) is 0 Å². The van der Waals surface area contributed by atoms with Crippen LogP contribution in [0.2, 0.25) is 0 Å². The highest BCUT2D eigenvalue weighted by Crippen LogP contribution is 2.16. The number of aliphatic imine (C=N–C) groups is 1. The summed E-state index contributed by atoms with van der Waals surface area (Å²) in [6.07, 6.45) is 2.53. The number of nitrogens with one attached hydrogen (secondary N) is 2. The summed E-state index contributed by atoms with van der Waals surface area (Å²) < 4.78 is 5.83. The highest BCUT2D eigenvalue weighted by atomic mass is 16.5. The molecule has 3 N–H and O–H groups in total. The van der Waals surface area contributed by atoms with Crippen LogP contribution < -0.4 is 10.6 Å². The van der Waals surface area contributed by atoms with Crippen molar-refractivity contribution in [1.29, 1.82) is 0 Å². The molecule has 1 fully saturated rings. The molecule has 0 bridgehead atoms. The number of hydrogen-bond donors (Lipinski definition) is 3. The van der Waals surface area contributed by atoms with Gasteiger partial charge in [0.1, 0.15) is 0 Å². The van der Waals surface area contributed by atoms with Crippen molar-refractivity contribution in [3.63, 3.8) is 0 Å². The van der Waals surface area contributed by atoms with Crippen LogP contribution >= 0.6 is 0 Å². The maximum atomic E-state index is 9.34. The summed E-state index contributed by atoms with van der Waals surface area (Å²) in [6, 6.07) is 8.80. The third-order valence-corrected chi connectivity index (χ3v) is 5.59. The molecule has 6 nitrogen and oxygen atoms in total. The average molecular weight is 433 g/mol. The van der Waals surface area contributed by atoms with Gasteiger partial charge >= 0.3 is 0 Å². The normalized spacial score (nSPS) is 21.3. The standard InChI is InChI=1S/C25H44N4O2/c1-6-26-25(28-15-24(11-12-30)13-19(2)3)27-14-22-7-9-23(10-8-22)18-29-16-20(4)31-21(5)17-29/h7-10,19-21,24,30H,6,11-18H2,1-5H3,(H2,26,27,28). The van der Waals surface area contributed by atoms with Crippen molar-refractivity contribution in [1.82, 2.24) is 15.5 Å².